The predicted octanol–water partition coefficient (Wildman–Crippen LogP) is -0.270. The molecule has 1 aromatic rings. The van der Waals surface area contributed by atoms with Crippen molar-refractivity contribution in [2.24, 2.45) is 0 Å². The summed E-state index contributed by atoms with van der Waals surface area (Å²) >= 11 is 0. The van der Waals surface area contributed by atoms with Crippen LogP contribution in [0.25, 0.3) is 0 Å². The Morgan fingerprint density at radius 1 is 0.958 bits per heavy atom. The van der Waals surface area contributed by atoms with Gasteiger partial charge in [-0.2, -0.15) is 0 Å². The van der Waals surface area contributed by atoms with Crippen molar-refractivity contribution in [1.82, 2.24) is 10.9 Å². The van der Waals surface area contributed by atoms with Gasteiger partial charge in [-0.1, -0.05) is 0 Å². The van der Waals surface area contributed by atoms with Crippen LogP contribution in [0.5, 0.6) is 5.75 Å². The van der Waals surface area contributed by atoms with Crippen LogP contribution in [0.1, 0.15) is 36.5 Å². The number of amides is 2. The van der Waals surface area contributed by atoms with E-state index in [4.69, 9.17) is 4.74 Å². The number of hydrogen-bond donors (Lipinski definition) is 3. The molecule has 0 radical (unpaired) electrons. The third kappa shape index (κ3) is 7.73. The quantitative estimate of drug-likeness (QED) is 0.428. The number of ether oxygens (including phenoxy) is 1. The minimum absolute atomic E-state index is 0.0191. The maximum atomic E-state index is 12.0. The molecule has 0 aliphatic heterocycles. The number of carbonyl (C=O) groups is 3. The van der Waals surface area contributed by atoms with Gasteiger partial charge in [0.05, 0.1) is 33.7 Å². The van der Waals surface area contributed by atoms with Gasteiger partial charge >= 0.3 is 0 Å². The Kier molecular flexibility index (Phi) is 8.49. The standard InChI is InChI=1S/C17H25N3O4/c1-4-24-14-7-5-13(6-8-14)15(21)9-10-16(22)18-19-17(23)11-12-20(2)3/h5-8H,4,9-12H2,1-3H3,(H,18,22)(H,19,23)/p+1. The summed E-state index contributed by atoms with van der Waals surface area (Å²) in [4.78, 5) is 36.3. The molecule has 132 valence electrons. The molecule has 1 rings (SSSR count). The molecule has 7 nitrogen and oxygen atoms in total. The summed E-state index contributed by atoms with van der Waals surface area (Å²) in [5.41, 5.74) is 5.19. The van der Waals surface area contributed by atoms with E-state index in [0.717, 1.165) is 4.90 Å². The largest absolute Gasteiger partial charge is 0.494 e. The monoisotopic (exact) mass is 336 g/mol. The summed E-state index contributed by atoms with van der Waals surface area (Å²) < 4.78 is 5.31. The van der Waals surface area contributed by atoms with Gasteiger partial charge in [0.15, 0.2) is 5.78 Å². The third-order valence-electron chi connectivity index (χ3n) is 3.26. The lowest BCUT2D eigenvalue weighted by Gasteiger charge is -2.09. The Balaban J connectivity index is 2.30. The van der Waals surface area contributed by atoms with Gasteiger partial charge in [0.25, 0.3) is 0 Å². The molecule has 0 fully saturated rings. The van der Waals surface area contributed by atoms with E-state index in [0.29, 0.717) is 30.9 Å². The second-order valence-corrected chi connectivity index (χ2v) is 5.68. The number of hydrogen-bond acceptors (Lipinski definition) is 4. The first-order valence-corrected chi connectivity index (χ1v) is 8.05. The lowest BCUT2D eigenvalue weighted by Crippen LogP contribution is -3.05. The van der Waals surface area contributed by atoms with Crippen molar-refractivity contribution in [3.63, 3.8) is 0 Å². The van der Waals surface area contributed by atoms with Crippen LogP contribution < -0.4 is 20.5 Å². The van der Waals surface area contributed by atoms with Crippen LogP contribution in [0.4, 0.5) is 0 Å². The molecule has 3 N–H and O–H groups in total. The van der Waals surface area contributed by atoms with Gasteiger partial charge in [0.1, 0.15) is 5.75 Å². The van der Waals surface area contributed by atoms with Gasteiger partial charge in [-0.25, -0.2) is 0 Å². The highest BCUT2D eigenvalue weighted by atomic mass is 16.5. The van der Waals surface area contributed by atoms with Crippen LogP contribution in [0, 0.1) is 0 Å². The van der Waals surface area contributed by atoms with E-state index >= 15 is 0 Å². The van der Waals surface area contributed by atoms with Crippen LogP contribution >= 0.6 is 0 Å². The van der Waals surface area contributed by atoms with Crippen LogP contribution in [-0.4, -0.2) is 44.8 Å². The van der Waals surface area contributed by atoms with E-state index in [2.05, 4.69) is 10.9 Å². The van der Waals surface area contributed by atoms with Crippen molar-refractivity contribution in [3.8, 4) is 5.75 Å². The summed E-state index contributed by atoms with van der Waals surface area (Å²) in [7, 11) is 3.89. The van der Waals surface area contributed by atoms with Crippen molar-refractivity contribution in [2.45, 2.75) is 26.2 Å². The zero-order chi connectivity index (χ0) is 17.9. The lowest BCUT2D eigenvalue weighted by molar-refractivity contribution is -0.857. The highest BCUT2D eigenvalue weighted by Crippen LogP contribution is 2.13. The minimum atomic E-state index is -0.389. The highest BCUT2D eigenvalue weighted by molar-refractivity contribution is 5.98. The van der Waals surface area contributed by atoms with Crippen LogP contribution in [-0.2, 0) is 9.59 Å². The maximum absolute atomic E-state index is 12.0. The Labute approximate surface area is 142 Å². The smallest absolute Gasteiger partial charge is 0.244 e. The highest BCUT2D eigenvalue weighted by Gasteiger charge is 2.11. The predicted molar refractivity (Wildman–Crippen MR) is 89.8 cm³/mol. The summed E-state index contributed by atoms with van der Waals surface area (Å²) in [6, 6.07) is 6.81. The van der Waals surface area contributed by atoms with Crippen molar-refractivity contribution in [1.29, 1.82) is 0 Å². The van der Waals surface area contributed by atoms with Gasteiger partial charge in [0, 0.05) is 18.4 Å². The first-order valence-electron chi connectivity index (χ1n) is 8.05. The molecule has 1 aromatic carbocycles. The molecule has 0 aliphatic rings. The van der Waals surface area contributed by atoms with Crippen LogP contribution in [0.15, 0.2) is 24.3 Å². The number of quaternary nitrogens is 1. The van der Waals surface area contributed by atoms with Gasteiger partial charge in [-0.15, -0.1) is 0 Å². The van der Waals surface area contributed by atoms with Crippen molar-refractivity contribution < 1.29 is 24.0 Å². The van der Waals surface area contributed by atoms with Gasteiger partial charge < -0.3 is 9.64 Å². The average Bonchev–Trinajstić information content (AvgIpc) is 2.56. The minimum Gasteiger partial charge on any atom is -0.494 e. The zero-order valence-electron chi connectivity index (χ0n) is 14.5. The Bertz CT molecular complexity index is 555. The number of carbonyl (C=O) groups excluding carboxylic acids is 3. The summed E-state index contributed by atoms with van der Waals surface area (Å²) in [6.07, 6.45) is 0.427. The van der Waals surface area contributed by atoms with Crippen LogP contribution in [0.2, 0.25) is 0 Å². The molecule has 7 heteroatoms. The SMILES string of the molecule is CCOc1ccc(C(=O)CCC(=O)NNC(=O)CC[NH+](C)C)cc1. The van der Waals surface area contributed by atoms with E-state index in [9.17, 15) is 14.4 Å². The van der Waals surface area contributed by atoms with Crippen molar-refractivity contribution in [2.75, 3.05) is 27.2 Å². The topological polar surface area (TPSA) is 88.9 Å². The first-order chi connectivity index (χ1) is 11.4. The Hall–Kier alpha value is -2.41. The molecule has 2 amide bonds. The molecule has 0 spiro atoms. The van der Waals surface area contributed by atoms with Crippen molar-refractivity contribution in [3.05, 3.63) is 29.8 Å². The Morgan fingerprint density at radius 3 is 2.08 bits per heavy atom. The fraction of sp³-hybridized carbons (Fsp3) is 0.471. The number of nitrogens with one attached hydrogen (secondary N) is 3. The molecule has 0 atom stereocenters. The average molecular weight is 336 g/mol. The zero-order valence-corrected chi connectivity index (χ0v) is 14.5. The molecule has 0 heterocycles. The number of ketones is 1. The fourth-order valence-corrected chi connectivity index (χ4v) is 1.90. The molecule has 0 saturated carbocycles. The fourth-order valence-electron chi connectivity index (χ4n) is 1.90. The molecular weight excluding hydrogens is 310 g/mol. The molecular formula is C17H26N3O4+. The summed E-state index contributed by atoms with van der Waals surface area (Å²) in [5, 5.41) is 0. The van der Waals surface area contributed by atoms with E-state index in [1.54, 1.807) is 24.3 Å². The molecule has 24 heavy (non-hydrogen) atoms. The number of hydrazine groups is 1. The third-order valence-corrected chi connectivity index (χ3v) is 3.26. The van der Waals surface area contributed by atoms with E-state index in [1.807, 2.05) is 21.0 Å². The van der Waals surface area contributed by atoms with E-state index < -0.39 is 0 Å². The molecule has 0 aromatic heterocycles. The van der Waals surface area contributed by atoms with Gasteiger partial charge in [-0.3, -0.25) is 25.2 Å². The maximum Gasteiger partial charge on any atom is 0.244 e. The normalized spacial score (nSPS) is 10.3. The molecule has 0 aliphatic carbocycles. The van der Waals surface area contributed by atoms with Gasteiger partial charge in [0.2, 0.25) is 11.8 Å². The molecule has 0 bridgehead atoms. The lowest BCUT2D eigenvalue weighted by atomic mass is 10.1. The second-order valence-electron chi connectivity index (χ2n) is 5.68. The van der Waals surface area contributed by atoms with E-state index in [1.165, 1.54) is 0 Å². The second kappa shape index (κ2) is 10.4. The first kappa shape index (κ1) is 19.6. The van der Waals surface area contributed by atoms with E-state index in [-0.39, 0.29) is 30.4 Å². The Morgan fingerprint density at radius 2 is 1.54 bits per heavy atom. The summed E-state index contributed by atoms with van der Waals surface area (Å²) in [5.74, 6) is -0.0629. The number of benzene rings is 1. The summed E-state index contributed by atoms with van der Waals surface area (Å²) in [6.45, 7) is 3.13. The number of Topliss-reactive ketones (excluding diaryl/α,β-unsaturated/α-hetero) is 1. The van der Waals surface area contributed by atoms with Gasteiger partial charge in [-0.05, 0) is 31.2 Å². The number of rotatable bonds is 9. The molecule has 0 unspecified atom stereocenters. The van der Waals surface area contributed by atoms with Crippen molar-refractivity contribution >= 4 is 17.6 Å². The molecule has 0 saturated heterocycles. The van der Waals surface area contributed by atoms with Crippen LogP contribution in [0.3, 0.4) is 0 Å².